The minimum atomic E-state index is -1.38. The monoisotopic (exact) mass is 570 g/mol. The minimum Gasteiger partial charge on any atom is -0.483 e. The average molecular weight is 571 g/mol. The number of amides is 1. The molecule has 1 atom stereocenters. The van der Waals surface area contributed by atoms with E-state index in [1.807, 2.05) is 68.4 Å². The predicted octanol–water partition coefficient (Wildman–Crippen LogP) is 6.29. The molecule has 41 heavy (non-hydrogen) atoms. The first kappa shape index (κ1) is 29.7. The summed E-state index contributed by atoms with van der Waals surface area (Å²) < 4.78 is 7.55. The topological polar surface area (TPSA) is 88.8 Å². The number of aromatic nitrogens is 1. The van der Waals surface area contributed by atoms with Crippen LogP contribution in [-0.4, -0.2) is 40.5 Å². The molecular weight excluding hydrogens is 536 g/mol. The number of fused-ring (bicyclic) bond motifs is 2. The quantitative estimate of drug-likeness (QED) is 0.281. The van der Waals surface area contributed by atoms with E-state index in [0.29, 0.717) is 0 Å². The Labute approximate surface area is 244 Å². The van der Waals surface area contributed by atoms with Crippen LogP contribution in [0.5, 0.6) is 5.75 Å². The summed E-state index contributed by atoms with van der Waals surface area (Å²) in [6, 6.07) is 25.5. The molecule has 8 heteroatoms. The molecule has 0 saturated heterocycles. The molecule has 1 aliphatic heterocycles. The van der Waals surface area contributed by atoms with Crippen LogP contribution in [0.2, 0.25) is 0 Å². The molecule has 3 aromatic carbocycles. The first-order valence-electron chi connectivity index (χ1n) is 13.5. The molecule has 2 heterocycles. The summed E-state index contributed by atoms with van der Waals surface area (Å²) in [6.45, 7) is 4.25. The van der Waals surface area contributed by atoms with Crippen molar-refractivity contribution in [2.75, 3.05) is 14.1 Å². The highest BCUT2D eigenvalue weighted by Crippen LogP contribution is 2.41. The number of benzene rings is 3. The molecule has 0 fully saturated rings. The Morgan fingerprint density at radius 3 is 2.27 bits per heavy atom. The van der Waals surface area contributed by atoms with Gasteiger partial charge in [-0.2, -0.15) is 0 Å². The summed E-state index contributed by atoms with van der Waals surface area (Å²) in [6.07, 6.45) is 1.28. The number of rotatable bonds is 7. The summed E-state index contributed by atoms with van der Waals surface area (Å²) in [5.74, 6) is -1.48. The van der Waals surface area contributed by atoms with Crippen LogP contribution in [0.3, 0.4) is 0 Å². The van der Waals surface area contributed by atoms with Crippen molar-refractivity contribution in [3.63, 3.8) is 0 Å². The van der Waals surface area contributed by atoms with Gasteiger partial charge in [0.1, 0.15) is 12.2 Å². The maximum absolute atomic E-state index is 13.6. The minimum absolute atomic E-state index is 0.0125. The van der Waals surface area contributed by atoms with Gasteiger partial charge < -0.3 is 19.3 Å². The highest BCUT2D eigenvalue weighted by molar-refractivity contribution is 7.98. The van der Waals surface area contributed by atoms with Crippen LogP contribution >= 0.6 is 11.8 Å². The molecule has 5 rings (SSSR count). The fourth-order valence-electron chi connectivity index (χ4n) is 4.85. The average Bonchev–Trinajstić information content (AvgIpc) is 3.15. The summed E-state index contributed by atoms with van der Waals surface area (Å²) in [5.41, 5.74) is 2.90. The number of ether oxygens (including phenoxy) is 1. The smallest absolute Gasteiger partial charge is 0.341 e. The summed E-state index contributed by atoms with van der Waals surface area (Å²) in [5, 5.41) is 9.94. The number of carbonyl (C=O) groups excluding carboxylic acids is 1. The molecule has 0 aliphatic carbocycles. The molecule has 4 aromatic rings. The predicted molar refractivity (Wildman–Crippen MR) is 162 cm³/mol. The molecule has 1 amide bonds. The maximum Gasteiger partial charge on any atom is 0.341 e. The largest absolute Gasteiger partial charge is 0.483 e. The van der Waals surface area contributed by atoms with E-state index in [0.717, 1.165) is 27.3 Å². The number of pyridine rings is 1. The van der Waals surface area contributed by atoms with Crippen molar-refractivity contribution in [3.8, 4) is 5.75 Å². The lowest BCUT2D eigenvalue weighted by atomic mass is 9.88. The maximum atomic E-state index is 13.6. The molecule has 0 radical (unpaired) electrons. The third kappa shape index (κ3) is 6.38. The fraction of sp³-hybridized carbons (Fsp3) is 0.242. The SMILES string of the molecule is CC.CN(C)C(=O)c1c(OCc2ccccc2)c(=O)c(C(=O)O)cn1CC1c2ccccc2CSc2ccccc21. The van der Waals surface area contributed by atoms with E-state index >= 15 is 0 Å². The van der Waals surface area contributed by atoms with Gasteiger partial charge in [-0.3, -0.25) is 9.59 Å². The van der Waals surface area contributed by atoms with E-state index in [9.17, 15) is 19.5 Å². The molecule has 0 bridgehead atoms. The van der Waals surface area contributed by atoms with Gasteiger partial charge in [0.2, 0.25) is 5.43 Å². The molecule has 1 aliphatic rings. The van der Waals surface area contributed by atoms with Crippen LogP contribution < -0.4 is 10.2 Å². The Hall–Kier alpha value is -4.30. The van der Waals surface area contributed by atoms with Crippen molar-refractivity contribution in [2.24, 2.45) is 0 Å². The molecule has 7 nitrogen and oxygen atoms in total. The molecule has 212 valence electrons. The van der Waals surface area contributed by atoms with E-state index in [2.05, 4.69) is 24.3 Å². The van der Waals surface area contributed by atoms with E-state index < -0.39 is 22.9 Å². The van der Waals surface area contributed by atoms with Crippen LogP contribution in [0.15, 0.2) is 94.7 Å². The highest BCUT2D eigenvalue weighted by Gasteiger charge is 2.30. The van der Waals surface area contributed by atoms with Gasteiger partial charge in [-0.15, -0.1) is 11.8 Å². The van der Waals surface area contributed by atoms with Crippen molar-refractivity contribution in [1.29, 1.82) is 0 Å². The zero-order chi connectivity index (χ0) is 29.5. The van der Waals surface area contributed by atoms with Gasteiger partial charge in [0.25, 0.3) is 5.91 Å². The second-order valence-electron chi connectivity index (χ2n) is 9.56. The van der Waals surface area contributed by atoms with Crippen molar-refractivity contribution in [1.82, 2.24) is 9.47 Å². The van der Waals surface area contributed by atoms with Crippen molar-refractivity contribution in [3.05, 3.63) is 129 Å². The molecule has 0 spiro atoms. The third-order valence-corrected chi connectivity index (χ3v) is 7.93. The van der Waals surface area contributed by atoms with Crippen molar-refractivity contribution < 1.29 is 19.4 Å². The van der Waals surface area contributed by atoms with Crippen LogP contribution in [0.25, 0.3) is 0 Å². The third-order valence-electron chi connectivity index (χ3n) is 6.79. The van der Waals surface area contributed by atoms with Gasteiger partial charge in [-0.1, -0.05) is 86.6 Å². The number of hydrogen-bond acceptors (Lipinski definition) is 5. The van der Waals surface area contributed by atoms with Gasteiger partial charge >= 0.3 is 5.97 Å². The Morgan fingerprint density at radius 1 is 0.951 bits per heavy atom. The summed E-state index contributed by atoms with van der Waals surface area (Å²) >= 11 is 1.75. The number of carboxylic acids is 1. The lowest BCUT2D eigenvalue weighted by molar-refractivity contribution is 0.0690. The molecule has 1 unspecified atom stereocenters. The lowest BCUT2D eigenvalue weighted by Gasteiger charge is -2.25. The van der Waals surface area contributed by atoms with Crippen molar-refractivity contribution >= 4 is 23.6 Å². The van der Waals surface area contributed by atoms with Crippen LogP contribution in [0.4, 0.5) is 0 Å². The molecule has 1 N–H and O–H groups in total. The van der Waals surface area contributed by atoms with Crippen LogP contribution in [-0.2, 0) is 18.9 Å². The first-order chi connectivity index (χ1) is 19.8. The second-order valence-corrected chi connectivity index (χ2v) is 10.6. The van der Waals surface area contributed by atoms with Gasteiger partial charge in [0.15, 0.2) is 11.4 Å². The number of nitrogens with zero attached hydrogens (tertiary/aromatic N) is 2. The van der Waals surface area contributed by atoms with Gasteiger partial charge in [0, 0.05) is 43.4 Å². The van der Waals surface area contributed by atoms with Crippen molar-refractivity contribution in [2.45, 2.75) is 43.6 Å². The van der Waals surface area contributed by atoms with Gasteiger partial charge in [0.05, 0.1) is 0 Å². The Bertz CT molecular complexity index is 1550. The number of thioether (sulfide) groups is 1. The van der Waals surface area contributed by atoms with E-state index in [1.165, 1.54) is 16.7 Å². The number of hydrogen-bond donors (Lipinski definition) is 1. The van der Waals surface area contributed by atoms with E-state index in [1.54, 1.807) is 30.4 Å². The van der Waals surface area contributed by atoms with Gasteiger partial charge in [-0.25, -0.2) is 4.79 Å². The second kappa shape index (κ2) is 13.4. The number of carboxylic acid groups (broad SMARTS) is 1. The zero-order valence-corrected chi connectivity index (χ0v) is 24.5. The van der Waals surface area contributed by atoms with Gasteiger partial charge in [-0.05, 0) is 28.3 Å². The molecule has 1 aromatic heterocycles. The Kier molecular flexibility index (Phi) is 9.68. The van der Waals surface area contributed by atoms with Crippen LogP contribution in [0, 0.1) is 0 Å². The van der Waals surface area contributed by atoms with E-state index in [4.69, 9.17) is 4.74 Å². The first-order valence-corrected chi connectivity index (χ1v) is 14.5. The summed E-state index contributed by atoms with van der Waals surface area (Å²) in [7, 11) is 3.19. The Balaban J connectivity index is 0.00000189. The zero-order valence-electron chi connectivity index (χ0n) is 23.7. The highest BCUT2D eigenvalue weighted by atomic mass is 32.2. The standard InChI is InChI=1S/C31H28N2O5S.C2H6/c1-32(2)30(35)27-29(38-18-20-10-4-3-5-11-20)28(34)25(31(36)37)17-33(27)16-24-22-13-7-6-12-21(22)19-39-26-15-9-8-14-23(24)26;1-2/h3-15,17,24H,16,18-19H2,1-2H3,(H,36,37);1-2H3. The molecular formula is C33H34N2O5S. The lowest BCUT2D eigenvalue weighted by Crippen LogP contribution is -2.32. The normalized spacial score (nSPS) is 13.5. The van der Waals surface area contributed by atoms with E-state index in [-0.39, 0.29) is 30.5 Å². The Morgan fingerprint density at radius 2 is 1.59 bits per heavy atom. The molecule has 0 saturated carbocycles. The summed E-state index contributed by atoms with van der Waals surface area (Å²) in [4.78, 5) is 41.6. The number of carbonyl (C=O) groups is 2. The fourth-order valence-corrected chi connectivity index (χ4v) is 5.98. The van der Waals surface area contributed by atoms with Crippen LogP contribution in [0.1, 0.15) is 62.9 Å². The number of aromatic carboxylic acids is 1.